The van der Waals surface area contributed by atoms with E-state index >= 15 is 0 Å². The van der Waals surface area contributed by atoms with Gasteiger partial charge in [-0.2, -0.15) is 0 Å². The summed E-state index contributed by atoms with van der Waals surface area (Å²) in [6, 6.07) is 5.50. The van der Waals surface area contributed by atoms with Gasteiger partial charge >= 0.3 is 11.6 Å². The molecular formula is C20H25NO6. The normalized spacial score (nSPS) is 14.4. The Morgan fingerprint density at radius 1 is 1.22 bits per heavy atom. The van der Waals surface area contributed by atoms with Gasteiger partial charge in [0.25, 0.3) is 5.91 Å². The van der Waals surface area contributed by atoms with Crippen molar-refractivity contribution < 1.29 is 23.8 Å². The first-order valence-electron chi connectivity index (χ1n) is 9.03. The Bertz CT molecular complexity index is 888. The third-order valence-electron chi connectivity index (χ3n) is 4.64. The predicted molar refractivity (Wildman–Crippen MR) is 101 cm³/mol. The van der Waals surface area contributed by atoms with E-state index in [2.05, 4.69) is 5.32 Å². The van der Waals surface area contributed by atoms with E-state index in [1.165, 1.54) is 13.0 Å². The molecule has 2 N–H and O–H groups in total. The lowest BCUT2D eigenvalue weighted by atomic mass is 9.99. The van der Waals surface area contributed by atoms with Crippen LogP contribution in [0.4, 0.5) is 0 Å². The third kappa shape index (κ3) is 4.87. The van der Waals surface area contributed by atoms with E-state index < -0.39 is 29.6 Å². The minimum Gasteiger partial charge on any atom is -0.481 e. The summed E-state index contributed by atoms with van der Waals surface area (Å²) in [5, 5.41) is 12.6. The fraction of sp³-hybridized carbons (Fsp3) is 0.450. The molecule has 1 aromatic carbocycles. The SMILES string of the molecule is CCc1cc(=O)oc2cc(O[C@H](C)C(=O)N[C@H](C(=O)O)[C@@H](C)CC)ccc12. The lowest BCUT2D eigenvalue weighted by Crippen LogP contribution is -2.49. The van der Waals surface area contributed by atoms with Gasteiger partial charge in [-0.15, -0.1) is 0 Å². The Balaban J connectivity index is 2.17. The van der Waals surface area contributed by atoms with Crippen molar-refractivity contribution in [1.82, 2.24) is 5.32 Å². The first-order valence-corrected chi connectivity index (χ1v) is 9.03. The molecule has 0 aliphatic carbocycles. The molecule has 0 spiro atoms. The van der Waals surface area contributed by atoms with Crippen LogP contribution in [0.1, 0.15) is 39.7 Å². The second-order valence-corrected chi connectivity index (χ2v) is 6.57. The van der Waals surface area contributed by atoms with Crippen molar-refractivity contribution in [2.24, 2.45) is 5.92 Å². The van der Waals surface area contributed by atoms with Gasteiger partial charge in [-0.05, 0) is 37.0 Å². The van der Waals surface area contributed by atoms with E-state index in [-0.39, 0.29) is 5.92 Å². The van der Waals surface area contributed by atoms with Crippen LogP contribution in [0.15, 0.2) is 33.5 Å². The Kier molecular flexibility index (Phi) is 6.60. The minimum absolute atomic E-state index is 0.207. The monoisotopic (exact) mass is 375 g/mol. The zero-order valence-corrected chi connectivity index (χ0v) is 15.9. The Labute approximate surface area is 157 Å². The molecule has 7 heteroatoms. The lowest BCUT2D eigenvalue weighted by Gasteiger charge is -2.22. The van der Waals surface area contributed by atoms with Gasteiger partial charge in [0.1, 0.15) is 17.4 Å². The van der Waals surface area contributed by atoms with E-state index in [4.69, 9.17) is 9.15 Å². The number of aryl methyl sites for hydroxylation is 1. The van der Waals surface area contributed by atoms with Crippen molar-refractivity contribution in [3.63, 3.8) is 0 Å². The topological polar surface area (TPSA) is 106 Å². The van der Waals surface area contributed by atoms with Crippen molar-refractivity contribution >= 4 is 22.8 Å². The molecule has 0 unspecified atom stereocenters. The zero-order valence-electron chi connectivity index (χ0n) is 15.9. The molecule has 0 saturated heterocycles. The number of ether oxygens (including phenoxy) is 1. The number of carbonyl (C=O) groups is 2. The van der Waals surface area contributed by atoms with E-state index in [9.17, 15) is 19.5 Å². The molecule has 2 rings (SSSR count). The number of carboxylic acids is 1. The van der Waals surface area contributed by atoms with Crippen molar-refractivity contribution in [2.45, 2.75) is 52.7 Å². The van der Waals surface area contributed by atoms with Gasteiger partial charge in [0.05, 0.1) is 0 Å². The zero-order chi connectivity index (χ0) is 20.1. The molecule has 1 aromatic heterocycles. The average molecular weight is 375 g/mol. The average Bonchev–Trinajstić information content (AvgIpc) is 2.63. The summed E-state index contributed by atoms with van der Waals surface area (Å²) in [4.78, 5) is 35.3. The summed E-state index contributed by atoms with van der Waals surface area (Å²) < 4.78 is 10.8. The molecule has 146 valence electrons. The number of carboxylic acid groups (broad SMARTS) is 1. The van der Waals surface area contributed by atoms with Crippen LogP contribution in [0, 0.1) is 5.92 Å². The van der Waals surface area contributed by atoms with Gasteiger partial charge in [0.15, 0.2) is 6.10 Å². The van der Waals surface area contributed by atoms with Crippen molar-refractivity contribution in [2.75, 3.05) is 0 Å². The van der Waals surface area contributed by atoms with Crippen molar-refractivity contribution in [3.8, 4) is 5.75 Å². The highest BCUT2D eigenvalue weighted by Gasteiger charge is 2.28. The fourth-order valence-electron chi connectivity index (χ4n) is 2.79. The summed E-state index contributed by atoms with van der Waals surface area (Å²) in [6.07, 6.45) is 0.401. The van der Waals surface area contributed by atoms with Gasteiger partial charge in [-0.25, -0.2) is 9.59 Å². The number of fused-ring (bicyclic) bond motifs is 1. The van der Waals surface area contributed by atoms with Crippen LogP contribution in [0.25, 0.3) is 11.0 Å². The highest BCUT2D eigenvalue weighted by Crippen LogP contribution is 2.23. The Morgan fingerprint density at radius 3 is 2.52 bits per heavy atom. The van der Waals surface area contributed by atoms with Crippen LogP contribution < -0.4 is 15.7 Å². The maximum absolute atomic E-state index is 12.3. The standard InChI is InChI=1S/C20H25NO6/c1-5-11(3)18(20(24)25)21-19(23)12(4)26-14-7-8-15-13(6-2)9-17(22)27-16(15)10-14/h7-12,18H,5-6H2,1-4H3,(H,21,23)(H,24,25)/t11-,12+,18-/m0/s1. The van der Waals surface area contributed by atoms with E-state index in [0.717, 1.165) is 10.9 Å². The van der Waals surface area contributed by atoms with E-state index in [1.54, 1.807) is 25.1 Å². The summed E-state index contributed by atoms with van der Waals surface area (Å²) in [6.45, 7) is 7.11. The molecule has 1 heterocycles. The molecule has 2 aromatic rings. The van der Waals surface area contributed by atoms with Crippen LogP contribution >= 0.6 is 0 Å². The molecular weight excluding hydrogens is 350 g/mol. The van der Waals surface area contributed by atoms with E-state index in [1.807, 2.05) is 13.8 Å². The number of carbonyl (C=O) groups excluding carboxylic acids is 1. The van der Waals surface area contributed by atoms with Gasteiger partial charge in [-0.1, -0.05) is 27.2 Å². The number of amides is 1. The number of benzene rings is 1. The molecule has 0 saturated carbocycles. The quantitative estimate of drug-likeness (QED) is 0.687. The summed E-state index contributed by atoms with van der Waals surface area (Å²) in [7, 11) is 0. The number of hydrogen-bond donors (Lipinski definition) is 2. The highest BCUT2D eigenvalue weighted by atomic mass is 16.5. The maximum atomic E-state index is 12.3. The van der Waals surface area contributed by atoms with Gasteiger partial charge in [0.2, 0.25) is 0 Å². The molecule has 0 aliphatic heterocycles. The minimum atomic E-state index is -1.08. The van der Waals surface area contributed by atoms with Crippen LogP contribution in [-0.4, -0.2) is 29.1 Å². The summed E-state index contributed by atoms with van der Waals surface area (Å²) in [5.41, 5.74) is 0.809. The molecule has 27 heavy (non-hydrogen) atoms. The summed E-state index contributed by atoms with van der Waals surface area (Å²) in [5.74, 6) is -1.45. The smallest absolute Gasteiger partial charge is 0.336 e. The third-order valence-corrected chi connectivity index (χ3v) is 4.64. The molecule has 7 nitrogen and oxygen atoms in total. The molecule has 0 radical (unpaired) electrons. The van der Waals surface area contributed by atoms with Gasteiger partial charge < -0.3 is 19.6 Å². The molecule has 0 aliphatic rings. The number of nitrogens with one attached hydrogen (secondary N) is 1. The van der Waals surface area contributed by atoms with E-state index in [0.29, 0.717) is 24.2 Å². The van der Waals surface area contributed by atoms with Crippen LogP contribution in [0.2, 0.25) is 0 Å². The lowest BCUT2D eigenvalue weighted by molar-refractivity contribution is -0.144. The predicted octanol–water partition coefficient (Wildman–Crippen LogP) is 2.74. The number of rotatable bonds is 8. The molecule has 3 atom stereocenters. The first-order chi connectivity index (χ1) is 12.8. The molecule has 0 fully saturated rings. The van der Waals surface area contributed by atoms with Crippen LogP contribution in [-0.2, 0) is 16.0 Å². The molecule has 1 amide bonds. The first kappa shape index (κ1) is 20.5. The van der Waals surface area contributed by atoms with Crippen LogP contribution in [0.3, 0.4) is 0 Å². The number of aliphatic carboxylic acids is 1. The number of hydrogen-bond acceptors (Lipinski definition) is 5. The van der Waals surface area contributed by atoms with Crippen molar-refractivity contribution in [3.05, 3.63) is 40.2 Å². The highest BCUT2D eigenvalue weighted by molar-refractivity contribution is 5.86. The second kappa shape index (κ2) is 8.70. The second-order valence-electron chi connectivity index (χ2n) is 6.57. The van der Waals surface area contributed by atoms with Gasteiger partial charge in [-0.3, -0.25) is 4.79 Å². The Morgan fingerprint density at radius 2 is 1.93 bits per heavy atom. The maximum Gasteiger partial charge on any atom is 0.336 e. The fourth-order valence-corrected chi connectivity index (χ4v) is 2.79. The molecule has 0 bridgehead atoms. The largest absolute Gasteiger partial charge is 0.481 e. The Hall–Kier alpha value is -2.83. The van der Waals surface area contributed by atoms with Crippen LogP contribution in [0.5, 0.6) is 5.75 Å². The van der Waals surface area contributed by atoms with Crippen molar-refractivity contribution in [1.29, 1.82) is 0 Å². The summed E-state index contributed by atoms with van der Waals surface area (Å²) >= 11 is 0. The van der Waals surface area contributed by atoms with Gasteiger partial charge in [0, 0.05) is 17.5 Å².